The molecule has 44 heavy (non-hydrogen) atoms. The number of ether oxygens (including phenoxy) is 2. The van der Waals surface area contributed by atoms with Gasteiger partial charge in [-0.2, -0.15) is 13.2 Å². The molecule has 0 bridgehead atoms. The van der Waals surface area contributed by atoms with Gasteiger partial charge in [0, 0.05) is 43.6 Å². The van der Waals surface area contributed by atoms with Crippen molar-refractivity contribution in [3.8, 4) is 0 Å². The number of nitrogens with zero attached hydrogens (tertiary/aromatic N) is 3. The molecule has 0 amide bonds. The Morgan fingerprint density at radius 2 is 1.82 bits per heavy atom. The summed E-state index contributed by atoms with van der Waals surface area (Å²) >= 11 is 0. The smallest absolute Gasteiger partial charge is 0.394 e. The monoisotopic (exact) mass is 634 g/mol. The molecule has 0 saturated carbocycles. The van der Waals surface area contributed by atoms with E-state index in [9.17, 15) is 26.7 Å². The fourth-order valence-electron chi connectivity index (χ4n) is 5.59. The maximum Gasteiger partial charge on any atom is 0.416 e. The molecule has 2 aliphatic heterocycles. The second kappa shape index (κ2) is 13.9. The SMILES string of the molecule is CCS(=O)(=O)c1ccc([C@H](CO)NCc2cnc(N3CC(c4ccc(C(F)(F)F)cc4)C[C@H]3CO[C@H]3CCOC3)nc2)cc1. The first kappa shape index (κ1) is 32.3. The van der Waals surface area contributed by atoms with Crippen molar-refractivity contribution in [1.82, 2.24) is 15.3 Å². The number of nitrogens with one attached hydrogen (secondary N) is 1. The van der Waals surface area contributed by atoms with Crippen LogP contribution in [0.1, 0.15) is 54.0 Å². The Bertz CT molecular complexity index is 1470. The Hall–Kier alpha value is -3.10. The molecule has 9 nitrogen and oxygen atoms in total. The van der Waals surface area contributed by atoms with Gasteiger partial charge in [-0.1, -0.05) is 31.2 Å². The number of benzene rings is 2. The highest BCUT2D eigenvalue weighted by Gasteiger charge is 2.36. The molecule has 0 aliphatic carbocycles. The summed E-state index contributed by atoms with van der Waals surface area (Å²) in [6.07, 6.45) is 0.544. The van der Waals surface area contributed by atoms with Gasteiger partial charge < -0.3 is 24.8 Å². The maximum atomic E-state index is 13.1. The average molecular weight is 635 g/mol. The summed E-state index contributed by atoms with van der Waals surface area (Å²) in [7, 11) is -3.31. The summed E-state index contributed by atoms with van der Waals surface area (Å²) in [4.78, 5) is 11.5. The molecule has 238 valence electrons. The summed E-state index contributed by atoms with van der Waals surface area (Å²) in [6, 6.07) is 11.3. The highest BCUT2D eigenvalue weighted by Crippen LogP contribution is 2.36. The van der Waals surface area contributed by atoms with Gasteiger partial charge in [-0.3, -0.25) is 0 Å². The number of hydrogen-bond donors (Lipinski definition) is 2. The zero-order valence-electron chi connectivity index (χ0n) is 24.4. The number of sulfone groups is 1. The normalized spacial score (nSPS) is 21.6. The van der Waals surface area contributed by atoms with Crippen molar-refractivity contribution < 1.29 is 36.2 Å². The Morgan fingerprint density at radius 1 is 1.11 bits per heavy atom. The molecule has 13 heteroatoms. The van der Waals surface area contributed by atoms with Crippen LogP contribution < -0.4 is 10.2 Å². The van der Waals surface area contributed by atoms with E-state index in [4.69, 9.17) is 9.47 Å². The summed E-state index contributed by atoms with van der Waals surface area (Å²) in [5, 5.41) is 13.2. The molecule has 2 aliphatic rings. The third-order valence-corrected chi connectivity index (χ3v) is 9.99. The van der Waals surface area contributed by atoms with Crippen molar-refractivity contribution >= 4 is 15.8 Å². The van der Waals surface area contributed by atoms with Crippen molar-refractivity contribution in [3.05, 3.63) is 83.2 Å². The van der Waals surface area contributed by atoms with Crippen molar-refractivity contribution in [1.29, 1.82) is 0 Å². The van der Waals surface area contributed by atoms with Crippen LogP contribution in [-0.2, 0) is 32.0 Å². The van der Waals surface area contributed by atoms with Gasteiger partial charge >= 0.3 is 6.18 Å². The summed E-state index contributed by atoms with van der Waals surface area (Å²) in [5.74, 6) is 0.506. The van der Waals surface area contributed by atoms with E-state index in [1.54, 1.807) is 55.7 Å². The van der Waals surface area contributed by atoms with E-state index in [-0.39, 0.29) is 35.3 Å². The van der Waals surface area contributed by atoms with Crippen molar-refractivity contribution in [2.24, 2.45) is 0 Å². The van der Waals surface area contributed by atoms with Gasteiger partial charge in [-0.15, -0.1) is 0 Å². The van der Waals surface area contributed by atoms with Crippen molar-refractivity contribution in [2.45, 2.75) is 61.5 Å². The molecular formula is C31H37F3N4O5S. The molecule has 1 unspecified atom stereocenters. The van der Waals surface area contributed by atoms with E-state index < -0.39 is 27.6 Å². The Balaban J connectivity index is 1.25. The molecule has 0 spiro atoms. The number of aromatic nitrogens is 2. The van der Waals surface area contributed by atoms with Crippen LogP contribution in [0.2, 0.25) is 0 Å². The molecule has 2 N–H and O–H groups in total. The average Bonchev–Trinajstić information content (AvgIpc) is 3.71. The predicted octanol–water partition coefficient (Wildman–Crippen LogP) is 4.28. The van der Waals surface area contributed by atoms with Crippen LogP contribution in [0.3, 0.4) is 0 Å². The molecule has 3 heterocycles. The van der Waals surface area contributed by atoms with E-state index in [2.05, 4.69) is 20.2 Å². The molecule has 2 fully saturated rings. The third kappa shape index (κ3) is 7.75. The molecule has 1 aromatic heterocycles. The Kier molecular flexibility index (Phi) is 10.2. The maximum absolute atomic E-state index is 13.1. The fourth-order valence-corrected chi connectivity index (χ4v) is 6.47. The van der Waals surface area contributed by atoms with E-state index in [0.29, 0.717) is 45.3 Å². The van der Waals surface area contributed by atoms with Gasteiger partial charge in [0.05, 0.1) is 54.2 Å². The first-order valence-electron chi connectivity index (χ1n) is 14.7. The van der Waals surface area contributed by atoms with Gasteiger partial charge in [0.15, 0.2) is 9.84 Å². The minimum Gasteiger partial charge on any atom is -0.394 e. The number of aliphatic hydroxyl groups excluding tert-OH is 1. The molecule has 4 atom stereocenters. The highest BCUT2D eigenvalue weighted by atomic mass is 32.2. The lowest BCUT2D eigenvalue weighted by atomic mass is 9.95. The molecule has 3 aromatic rings. The molecule has 5 rings (SSSR count). The number of aliphatic hydroxyl groups is 1. The van der Waals surface area contributed by atoms with E-state index >= 15 is 0 Å². The lowest BCUT2D eigenvalue weighted by Gasteiger charge is -2.25. The second-order valence-corrected chi connectivity index (χ2v) is 13.4. The van der Waals surface area contributed by atoms with Crippen LogP contribution in [0.5, 0.6) is 0 Å². The van der Waals surface area contributed by atoms with Crippen LogP contribution in [0, 0.1) is 0 Å². The Labute approximate surface area is 255 Å². The fraction of sp³-hybridized carbons (Fsp3) is 0.484. The minimum atomic E-state index is -4.38. The van der Waals surface area contributed by atoms with E-state index in [1.165, 1.54) is 0 Å². The standard InChI is InChI=1S/C31H37F3N4O5S/c1-2-44(40,41)28-9-5-23(6-10-28)29(18-39)35-14-21-15-36-30(37-16-21)38-17-24(13-26(38)19-43-27-11-12-42-20-27)22-3-7-25(8-4-22)31(32,33)34/h3-10,15-16,24,26-27,29,35,39H,2,11-14,17-20H2,1H3/t24?,26-,27-,29-/m0/s1. The first-order valence-corrected chi connectivity index (χ1v) is 16.3. The van der Waals surface area contributed by atoms with Crippen LogP contribution in [0.25, 0.3) is 0 Å². The molecule has 2 aromatic carbocycles. The second-order valence-electron chi connectivity index (χ2n) is 11.2. The summed E-state index contributed by atoms with van der Waals surface area (Å²) in [5.41, 5.74) is 1.69. The largest absolute Gasteiger partial charge is 0.416 e. The van der Waals surface area contributed by atoms with Gasteiger partial charge in [0.2, 0.25) is 5.95 Å². The quantitative estimate of drug-likeness (QED) is 0.302. The third-order valence-electron chi connectivity index (χ3n) is 8.24. The summed E-state index contributed by atoms with van der Waals surface area (Å²) < 4.78 is 75.1. The van der Waals surface area contributed by atoms with Gasteiger partial charge in [-0.05, 0) is 48.2 Å². The summed E-state index contributed by atoms with van der Waals surface area (Å²) in [6.45, 7) is 3.94. The molecule has 2 saturated heterocycles. The topological polar surface area (TPSA) is 114 Å². The van der Waals surface area contributed by atoms with Crippen molar-refractivity contribution in [2.75, 3.05) is 43.6 Å². The minimum absolute atomic E-state index is 0.0142. The molecular weight excluding hydrogens is 597 g/mol. The predicted molar refractivity (Wildman–Crippen MR) is 158 cm³/mol. The van der Waals surface area contributed by atoms with Crippen LogP contribution in [-0.4, -0.2) is 74.4 Å². The zero-order valence-corrected chi connectivity index (χ0v) is 25.2. The first-order chi connectivity index (χ1) is 21.1. The lowest BCUT2D eigenvalue weighted by Crippen LogP contribution is -2.36. The molecule has 0 radical (unpaired) electrons. The van der Waals surface area contributed by atoms with Gasteiger partial charge in [-0.25, -0.2) is 18.4 Å². The zero-order chi connectivity index (χ0) is 31.3. The van der Waals surface area contributed by atoms with Crippen LogP contribution >= 0.6 is 0 Å². The number of anilines is 1. The number of rotatable bonds is 12. The number of halogens is 3. The van der Waals surface area contributed by atoms with Crippen LogP contribution in [0.4, 0.5) is 19.1 Å². The lowest BCUT2D eigenvalue weighted by molar-refractivity contribution is -0.137. The number of hydrogen-bond acceptors (Lipinski definition) is 9. The van der Waals surface area contributed by atoms with Crippen LogP contribution in [0.15, 0.2) is 65.8 Å². The Morgan fingerprint density at radius 3 is 2.41 bits per heavy atom. The van der Waals surface area contributed by atoms with E-state index in [1.807, 2.05) is 0 Å². The van der Waals surface area contributed by atoms with Crippen molar-refractivity contribution in [3.63, 3.8) is 0 Å². The highest BCUT2D eigenvalue weighted by molar-refractivity contribution is 7.91. The van der Waals surface area contributed by atoms with Gasteiger partial charge in [0.25, 0.3) is 0 Å². The van der Waals surface area contributed by atoms with Gasteiger partial charge in [0.1, 0.15) is 0 Å². The number of alkyl halides is 3. The van der Waals surface area contributed by atoms with E-state index in [0.717, 1.165) is 35.2 Å².